The smallest absolute Gasteiger partial charge is 0.338 e. The molecular formula is C33H40FN3O5S. The third kappa shape index (κ3) is 5.99. The van der Waals surface area contributed by atoms with E-state index in [0.29, 0.717) is 39.9 Å². The van der Waals surface area contributed by atoms with Gasteiger partial charge >= 0.3 is 5.97 Å². The fourth-order valence-electron chi connectivity index (χ4n) is 6.81. The van der Waals surface area contributed by atoms with Crippen LogP contribution in [0.4, 0.5) is 15.8 Å². The standard InChI is InChI=1S/C33H40FN3O5S/c1-36-30(22-8-4-2-5-9-22)21-37(24-10-6-3-7-11-24)29-20-31(42-25-14-16-35-17-15-25)26(19-32(29)43(36,40)41)23-12-13-28(34)27(18-23)33(38)39/h3,6-7,10-13,18-20,22,25,30,35,40-41H,2,4-5,8-9,14-17,21H2,1H3,(H,38,39). The van der Waals surface area contributed by atoms with Crippen LogP contribution in [-0.4, -0.2) is 63.3 Å². The van der Waals surface area contributed by atoms with Crippen molar-refractivity contribution in [3.05, 3.63) is 72.0 Å². The first-order valence-electron chi connectivity index (χ1n) is 15.2. The van der Waals surface area contributed by atoms with Gasteiger partial charge in [0.2, 0.25) is 0 Å². The number of carboxylic acid groups (broad SMARTS) is 1. The van der Waals surface area contributed by atoms with Crippen LogP contribution in [0.3, 0.4) is 0 Å². The second kappa shape index (κ2) is 12.5. The van der Waals surface area contributed by atoms with E-state index in [1.165, 1.54) is 18.6 Å². The van der Waals surface area contributed by atoms with Gasteiger partial charge in [-0.1, -0.05) is 43.5 Å². The summed E-state index contributed by atoms with van der Waals surface area (Å²) in [5.41, 5.74) is 2.06. The normalized spacial score (nSPS) is 22.4. The molecule has 0 spiro atoms. The molecule has 43 heavy (non-hydrogen) atoms. The average molecular weight is 610 g/mol. The third-order valence-corrected chi connectivity index (χ3v) is 11.2. The first kappa shape index (κ1) is 29.9. The number of fused-ring (bicyclic) bond motifs is 1. The van der Waals surface area contributed by atoms with Gasteiger partial charge in [0, 0.05) is 37.0 Å². The molecule has 1 saturated heterocycles. The van der Waals surface area contributed by atoms with Gasteiger partial charge in [0.15, 0.2) is 0 Å². The highest BCUT2D eigenvalue weighted by Gasteiger charge is 2.41. The van der Waals surface area contributed by atoms with Gasteiger partial charge in [-0.15, -0.1) is 10.8 Å². The van der Waals surface area contributed by atoms with Crippen LogP contribution in [0.1, 0.15) is 55.3 Å². The van der Waals surface area contributed by atoms with Crippen LogP contribution in [0.5, 0.6) is 5.75 Å². The summed E-state index contributed by atoms with van der Waals surface area (Å²) in [7, 11) is -1.68. The molecule has 4 N–H and O–H groups in total. The number of para-hydroxylation sites is 1. The van der Waals surface area contributed by atoms with Crippen molar-refractivity contribution in [3.63, 3.8) is 0 Å². The molecule has 10 heteroatoms. The Balaban J connectivity index is 1.56. The van der Waals surface area contributed by atoms with E-state index in [1.807, 2.05) is 36.4 Å². The van der Waals surface area contributed by atoms with Gasteiger partial charge in [0.1, 0.15) is 17.7 Å². The number of anilines is 2. The predicted molar refractivity (Wildman–Crippen MR) is 168 cm³/mol. The van der Waals surface area contributed by atoms with Gasteiger partial charge in [-0.25, -0.2) is 9.18 Å². The Bertz CT molecular complexity index is 1460. The maximum Gasteiger partial charge on any atom is 0.338 e. The summed E-state index contributed by atoms with van der Waals surface area (Å²) in [5.74, 6) is -1.39. The van der Waals surface area contributed by atoms with Crippen LogP contribution in [0, 0.1) is 11.7 Å². The van der Waals surface area contributed by atoms with Crippen molar-refractivity contribution in [1.82, 2.24) is 9.62 Å². The summed E-state index contributed by atoms with van der Waals surface area (Å²) in [5, 5.41) is 13.0. The molecule has 1 unspecified atom stereocenters. The van der Waals surface area contributed by atoms with Crippen molar-refractivity contribution in [3.8, 4) is 16.9 Å². The van der Waals surface area contributed by atoms with Crippen molar-refractivity contribution >= 4 is 28.1 Å². The highest BCUT2D eigenvalue weighted by atomic mass is 32.3. The van der Waals surface area contributed by atoms with Crippen LogP contribution >= 0.6 is 10.8 Å². The van der Waals surface area contributed by atoms with Gasteiger partial charge in [-0.2, -0.15) is 4.31 Å². The summed E-state index contributed by atoms with van der Waals surface area (Å²) in [6, 6.07) is 17.4. The number of nitrogens with zero attached hydrogens (tertiary/aromatic N) is 2. The van der Waals surface area contributed by atoms with Crippen LogP contribution < -0.4 is 15.0 Å². The predicted octanol–water partition coefficient (Wildman–Crippen LogP) is 7.38. The Morgan fingerprint density at radius 2 is 1.70 bits per heavy atom. The van der Waals surface area contributed by atoms with E-state index in [-0.39, 0.29) is 12.1 Å². The molecule has 8 nitrogen and oxygen atoms in total. The van der Waals surface area contributed by atoms with E-state index in [9.17, 15) is 23.4 Å². The quantitative estimate of drug-likeness (QED) is 0.230. The molecule has 2 aliphatic heterocycles. The minimum Gasteiger partial charge on any atom is -0.490 e. The molecular weight excluding hydrogens is 569 g/mol. The summed E-state index contributed by atoms with van der Waals surface area (Å²) < 4.78 is 46.9. The fraction of sp³-hybridized carbons (Fsp3) is 0.424. The summed E-state index contributed by atoms with van der Waals surface area (Å²) in [4.78, 5) is 14.4. The maximum atomic E-state index is 14.5. The number of aromatic carboxylic acids is 1. The monoisotopic (exact) mass is 609 g/mol. The van der Waals surface area contributed by atoms with Crippen LogP contribution in [0.2, 0.25) is 0 Å². The molecule has 230 valence electrons. The number of benzene rings is 3. The van der Waals surface area contributed by atoms with Crippen molar-refractivity contribution in [1.29, 1.82) is 0 Å². The lowest BCUT2D eigenvalue weighted by Gasteiger charge is -2.46. The second-order valence-corrected chi connectivity index (χ2v) is 13.9. The Hall–Kier alpha value is -3.15. The first-order valence-corrected chi connectivity index (χ1v) is 16.7. The lowest BCUT2D eigenvalue weighted by atomic mass is 9.83. The Morgan fingerprint density at radius 3 is 2.40 bits per heavy atom. The number of rotatable bonds is 6. The number of nitrogens with one attached hydrogen (secondary N) is 1. The minimum absolute atomic E-state index is 0.0774. The van der Waals surface area contributed by atoms with Gasteiger partial charge in [0.25, 0.3) is 0 Å². The summed E-state index contributed by atoms with van der Waals surface area (Å²) in [6.07, 6.45) is 7.03. The van der Waals surface area contributed by atoms with E-state index in [2.05, 4.69) is 10.2 Å². The number of hydrogen-bond acceptors (Lipinski definition) is 7. The fourth-order valence-corrected chi connectivity index (χ4v) is 8.47. The Labute approximate surface area is 254 Å². The van der Waals surface area contributed by atoms with Crippen molar-refractivity contribution in [2.24, 2.45) is 5.92 Å². The van der Waals surface area contributed by atoms with Gasteiger partial charge in [-0.3, -0.25) is 9.11 Å². The molecule has 1 aliphatic carbocycles. The Morgan fingerprint density at radius 1 is 0.977 bits per heavy atom. The van der Waals surface area contributed by atoms with Gasteiger partial charge in [-0.05, 0) is 80.6 Å². The molecule has 1 saturated carbocycles. The largest absolute Gasteiger partial charge is 0.490 e. The molecule has 1 atom stereocenters. The zero-order valence-electron chi connectivity index (χ0n) is 24.4. The highest BCUT2D eigenvalue weighted by molar-refractivity contribution is 8.22. The van der Waals surface area contributed by atoms with Crippen LogP contribution in [0.25, 0.3) is 11.1 Å². The van der Waals surface area contributed by atoms with E-state index < -0.39 is 28.1 Å². The number of halogens is 1. The molecule has 3 aromatic carbocycles. The van der Waals surface area contributed by atoms with Crippen LogP contribution in [-0.2, 0) is 0 Å². The number of carbonyl (C=O) groups is 1. The lowest BCUT2D eigenvalue weighted by Crippen LogP contribution is -2.45. The molecule has 0 bridgehead atoms. The van der Waals surface area contributed by atoms with Crippen molar-refractivity contribution in [2.45, 2.75) is 62.0 Å². The van der Waals surface area contributed by atoms with E-state index >= 15 is 0 Å². The molecule has 0 radical (unpaired) electrons. The number of likely N-dealkylation sites (N-methyl/N-ethyl adjacent to an activating group) is 1. The van der Waals surface area contributed by atoms with Crippen molar-refractivity contribution < 1.29 is 28.1 Å². The number of ether oxygens (including phenoxy) is 1. The molecule has 3 aromatic rings. The first-order chi connectivity index (χ1) is 20.7. The van der Waals surface area contributed by atoms with Crippen molar-refractivity contribution in [2.75, 3.05) is 31.6 Å². The topological polar surface area (TPSA) is 106 Å². The van der Waals surface area contributed by atoms with E-state index in [1.54, 1.807) is 17.4 Å². The molecule has 2 heterocycles. The molecule has 0 amide bonds. The summed E-state index contributed by atoms with van der Waals surface area (Å²) in [6.45, 7) is 2.20. The zero-order chi connectivity index (χ0) is 30.1. The van der Waals surface area contributed by atoms with Crippen LogP contribution in [0.15, 0.2) is 65.6 Å². The second-order valence-electron chi connectivity index (χ2n) is 11.9. The molecule has 2 fully saturated rings. The van der Waals surface area contributed by atoms with Gasteiger partial charge in [0.05, 0.1) is 16.1 Å². The number of hydrogen-bond donors (Lipinski definition) is 4. The Kier molecular flexibility index (Phi) is 8.66. The molecule has 3 aliphatic rings. The minimum atomic E-state index is -3.48. The number of carboxylic acids is 1. The SMILES string of the molecule is CN1C(C2CCCCC2)CN(c2ccccc2)c2cc(OC3CCNCC3)c(-c3ccc(F)c(C(=O)O)c3)cc2S1(O)O. The highest BCUT2D eigenvalue weighted by Crippen LogP contribution is 2.61. The van der Waals surface area contributed by atoms with E-state index in [0.717, 1.165) is 63.4 Å². The van der Waals surface area contributed by atoms with E-state index in [4.69, 9.17) is 4.74 Å². The zero-order valence-corrected chi connectivity index (χ0v) is 25.2. The van der Waals surface area contributed by atoms with Gasteiger partial charge < -0.3 is 20.1 Å². The lowest BCUT2D eigenvalue weighted by molar-refractivity contribution is 0.0692. The molecule has 6 rings (SSSR count). The third-order valence-electron chi connectivity index (χ3n) is 9.23. The average Bonchev–Trinajstić information content (AvgIpc) is 3.10. The maximum absolute atomic E-state index is 14.5. The number of piperidine rings is 1. The summed E-state index contributed by atoms with van der Waals surface area (Å²) >= 11 is 0. The molecule has 0 aromatic heterocycles.